The van der Waals surface area contributed by atoms with E-state index >= 15 is 0 Å². The molecule has 1 aromatic carbocycles. The summed E-state index contributed by atoms with van der Waals surface area (Å²) in [5.41, 5.74) is 5.25. The molecule has 2 aromatic rings. The van der Waals surface area contributed by atoms with Gasteiger partial charge in [-0.2, -0.15) is 5.10 Å². The summed E-state index contributed by atoms with van der Waals surface area (Å²) in [7, 11) is 0. The summed E-state index contributed by atoms with van der Waals surface area (Å²) in [4.78, 5) is 12.9. The maximum atomic E-state index is 12.9. The van der Waals surface area contributed by atoms with Gasteiger partial charge in [-0.3, -0.25) is 9.89 Å². The smallest absolute Gasteiger partial charge is 0.272 e. The zero-order valence-corrected chi connectivity index (χ0v) is 15.5. The van der Waals surface area contributed by atoms with Crippen LogP contribution in [0.2, 0.25) is 0 Å². The van der Waals surface area contributed by atoms with E-state index in [1.165, 1.54) is 11.1 Å². The Labute approximate surface area is 154 Å². The molecular formula is C19H25ClN4O. The van der Waals surface area contributed by atoms with Gasteiger partial charge in [0.1, 0.15) is 0 Å². The number of aromatic amines is 1. The maximum absolute atomic E-state index is 12.9. The van der Waals surface area contributed by atoms with E-state index in [2.05, 4.69) is 58.9 Å². The number of nitrogens with zero attached hydrogens (tertiary/aromatic N) is 1. The molecule has 5 nitrogen and oxygen atoms in total. The van der Waals surface area contributed by atoms with Crippen LogP contribution < -0.4 is 10.6 Å². The van der Waals surface area contributed by atoms with Gasteiger partial charge in [0.15, 0.2) is 5.69 Å². The molecule has 1 amide bonds. The molecule has 25 heavy (non-hydrogen) atoms. The highest BCUT2D eigenvalue weighted by molar-refractivity contribution is 5.94. The van der Waals surface area contributed by atoms with Crippen LogP contribution in [-0.2, 0) is 19.4 Å². The first-order valence-corrected chi connectivity index (χ1v) is 8.72. The van der Waals surface area contributed by atoms with E-state index in [9.17, 15) is 4.79 Å². The highest BCUT2D eigenvalue weighted by atomic mass is 35.5. The topological polar surface area (TPSA) is 69.8 Å². The number of hydrogen-bond acceptors (Lipinski definition) is 3. The number of carbonyl (C=O) groups is 1. The molecule has 0 spiro atoms. The second-order valence-electron chi connectivity index (χ2n) is 7.55. The lowest BCUT2D eigenvalue weighted by molar-refractivity contribution is 0.0874. The number of nitrogens with one attached hydrogen (secondary N) is 3. The number of hydrogen-bond donors (Lipinski definition) is 3. The fourth-order valence-electron chi connectivity index (χ4n) is 3.95. The number of halogens is 1. The van der Waals surface area contributed by atoms with E-state index in [0.29, 0.717) is 12.2 Å². The van der Waals surface area contributed by atoms with Gasteiger partial charge >= 0.3 is 0 Å². The number of H-pyrrole nitrogens is 1. The number of aryl methyl sites for hydroxylation is 1. The first-order valence-electron chi connectivity index (χ1n) is 8.72. The second kappa shape index (κ2) is 6.81. The lowest BCUT2D eigenvalue weighted by atomic mass is 9.70. The number of carbonyl (C=O) groups excluding carboxylic acids is 1. The van der Waals surface area contributed by atoms with Crippen LogP contribution in [0.25, 0.3) is 0 Å². The molecule has 2 heterocycles. The van der Waals surface area contributed by atoms with E-state index in [0.717, 1.165) is 37.1 Å². The lowest BCUT2D eigenvalue weighted by Crippen LogP contribution is -2.41. The minimum Gasteiger partial charge on any atom is -0.343 e. The fraction of sp³-hybridized carbons (Fsp3) is 0.474. The average Bonchev–Trinajstić information content (AvgIpc) is 3.01. The van der Waals surface area contributed by atoms with Gasteiger partial charge < -0.3 is 10.6 Å². The molecular weight excluding hydrogens is 336 g/mol. The first-order chi connectivity index (χ1) is 11.6. The summed E-state index contributed by atoms with van der Waals surface area (Å²) in [5, 5.41) is 13.9. The van der Waals surface area contributed by atoms with E-state index in [4.69, 9.17) is 0 Å². The summed E-state index contributed by atoms with van der Waals surface area (Å²) in [6, 6.07) is 8.46. The van der Waals surface area contributed by atoms with Gasteiger partial charge in [-0.25, -0.2) is 0 Å². The van der Waals surface area contributed by atoms with Crippen LogP contribution in [0.1, 0.15) is 59.2 Å². The molecule has 1 atom stereocenters. The van der Waals surface area contributed by atoms with Gasteiger partial charge in [0.25, 0.3) is 5.91 Å². The Morgan fingerprint density at radius 3 is 2.92 bits per heavy atom. The van der Waals surface area contributed by atoms with E-state index in [1.807, 2.05) is 0 Å². The Hall–Kier alpha value is -1.85. The van der Waals surface area contributed by atoms with E-state index in [-0.39, 0.29) is 29.8 Å². The predicted molar refractivity (Wildman–Crippen MR) is 100.0 cm³/mol. The SMILES string of the molecule is CC1(C)CCc2ccccc2C1NC(=O)c1n[nH]c2c1CNCC2.Cl. The molecule has 0 saturated heterocycles. The van der Waals surface area contributed by atoms with Gasteiger partial charge in [-0.1, -0.05) is 38.1 Å². The van der Waals surface area contributed by atoms with Gasteiger partial charge in [0.05, 0.1) is 6.04 Å². The lowest BCUT2D eigenvalue weighted by Gasteiger charge is -2.40. The molecule has 0 radical (unpaired) electrons. The summed E-state index contributed by atoms with van der Waals surface area (Å²) >= 11 is 0. The highest BCUT2D eigenvalue weighted by Crippen LogP contribution is 2.43. The van der Waals surface area contributed by atoms with Crippen molar-refractivity contribution < 1.29 is 4.79 Å². The number of benzene rings is 1. The first kappa shape index (κ1) is 18.0. The van der Waals surface area contributed by atoms with Crippen LogP contribution in [0.4, 0.5) is 0 Å². The average molecular weight is 361 g/mol. The Bertz CT molecular complexity index is 783. The van der Waals surface area contributed by atoms with E-state index in [1.54, 1.807) is 0 Å². The monoisotopic (exact) mass is 360 g/mol. The number of rotatable bonds is 2. The van der Waals surface area contributed by atoms with Crippen molar-refractivity contribution in [1.82, 2.24) is 20.8 Å². The van der Waals surface area contributed by atoms with Crippen LogP contribution >= 0.6 is 12.4 Å². The van der Waals surface area contributed by atoms with Crippen molar-refractivity contribution in [2.45, 2.75) is 45.7 Å². The van der Waals surface area contributed by atoms with Crippen LogP contribution in [-0.4, -0.2) is 22.6 Å². The van der Waals surface area contributed by atoms with Crippen molar-refractivity contribution in [3.8, 4) is 0 Å². The molecule has 2 aliphatic rings. The van der Waals surface area contributed by atoms with Crippen LogP contribution in [0.15, 0.2) is 24.3 Å². The van der Waals surface area contributed by atoms with Gasteiger partial charge in [0, 0.05) is 30.8 Å². The predicted octanol–water partition coefficient (Wildman–Crippen LogP) is 2.92. The largest absolute Gasteiger partial charge is 0.343 e. The minimum absolute atomic E-state index is 0. The van der Waals surface area contributed by atoms with Crippen molar-refractivity contribution in [3.05, 3.63) is 52.3 Å². The quantitative estimate of drug-likeness (QED) is 0.771. The normalized spacial score (nSPS) is 20.8. The molecule has 0 bridgehead atoms. The summed E-state index contributed by atoms with van der Waals surface area (Å²) < 4.78 is 0. The molecule has 6 heteroatoms. The van der Waals surface area contributed by atoms with Crippen molar-refractivity contribution in [2.75, 3.05) is 6.54 Å². The highest BCUT2D eigenvalue weighted by Gasteiger charge is 2.37. The third-order valence-electron chi connectivity index (χ3n) is 5.48. The zero-order valence-electron chi connectivity index (χ0n) is 14.7. The molecule has 4 rings (SSSR count). The Balaban J connectivity index is 0.00000182. The number of fused-ring (bicyclic) bond motifs is 2. The van der Waals surface area contributed by atoms with Crippen molar-refractivity contribution in [2.24, 2.45) is 5.41 Å². The van der Waals surface area contributed by atoms with Crippen LogP contribution in [0.5, 0.6) is 0 Å². The number of aromatic nitrogens is 2. The molecule has 1 unspecified atom stereocenters. The van der Waals surface area contributed by atoms with E-state index < -0.39 is 0 Å². The van der Waals surface area contributed by atoms with Crippen LogP contribution in [0, 0.1) is 5.41 Å². The third-order valence-corrected chi connectivity index (χ3v) is 5.48. The minimum atomic E-state index is -0.0778. The molecule has 134 valence electrons. The number of amides is 1. The molecule has 3 N–H and O–H groups in total. The fourth-order valence-corrected chi connectivity index (χ4v) is 3.95. The summed E-state index contributed by atoms with van der Waals surface area (Å²) in [6.45, 7) is 6.10. The van der Waals surface area contributed by atoms with Gasteiger partial charge in [-0.15, -0.1) is 12.4 Å². The Morgan fingerprint density at radius 2 is 2.08 bits per heavy atom. The molecule has 1 aliphatic carbocycles. The Kier molecular flexibility index (Phi) is 4.89. The third kappa shape index (κ3) is 3.18. The summed E-state index contributed by atoms with van der Waals surface area (Å²) in [6.07, 6.45) is 3.03. The molecule has 1 aliphatic heterocycles. The second-order valence-corrected chi connectivity index (χ2v) is 7.55. The maximum Gasteiger partial charge on any atom is 0.272 e. The van der Waals surface area contributed by atoms with Crippen molar-refractivity contribution in [1.29, 1.82) is 0 Å². The van der Waals surface area contributed by atoms with Gasteiger partial charge in [-0.05, 0) is 29.4 Å². The molecule has 1 aromatic heterocycles. The zero-order chi connectivity index (χ0) is 16.7. The van der Waals surface area contributed by atoms with Gasteiger partial charge in [0.2, 0.25) is 0 Å². The molecule has 0 saturated carbocycles. The molecule has 0 fully saturated rings. The Morgan fingerprint density at radius 1 is 1.28 bits per heavy atom. The van der Waals surface area contributed by atoms with Crippen LogP contribution in [0.3, 0.4) is 0 Å². The standard InChI is InChI=1S/C19H24N4O.ClH/c1-19(2)9-7-12-5-3-4-6-13(12)17(19)21-18(24)16-14-11-20-10-8-15(14)22-23-16;/h3-6,17,20H,7-11H2,1-2H3,(H,21,24)(H,22,23);1H. The van der Waals surface area contributed by atoms with Crippen molar-refractivity contribution in [3.63, 3.8) is 0 Å². The van der Waals surface area contributed by atoms with Crippen molar-refractivity contribution >= 4 is 18.3 Å². The summed E-state index contributed by atoms with van der Waals surface area (Å²) in [5.74, 6) is -0.0778.